The van der Waals surface area contributed by atoms with Gasteiger partial charge in [-0.05, 0) is 60.7 Å². The number of carboxylic acids is 1. The van der Waals surface area contributed by atoms with E-state index in [0.29, 0.717) is 24.2 Å². The van der Waals surface area contributed by atoms with Crippen molar-refractivity contribution in [2.45, 2.75) is 30.6 Å². The second-order valence-corrected chi connectivity index (χ2v) is 10.5. The summed E-state index contributed by atoms with van der Waals surface area (Å²) in [6.07, 6.45) is 1.40. The number of nitrogens with zero attached hydrogens (tertiary/aromatic N) is 2. The Morgan fingerprint density at radius 1 is 1.00 bits per heavy atom. The summed E-state index contributed by atoms with van der Waals surface area (Å²) in [5.74, 6) is -1.01. The molecule has 9 nitrogen and oxygen atoms in total. The van der Waals surface area contributed by atoms with Gasteiger partial charge >= 0.3 is 11.7 Å². The third-order valence-electron chi connectivity index (χ3n) is 6.35. The second-order valence-electron chi connectivity index (χ2n) is 8.61. The molecule has 0 fully saturated rings. The number of aliphatic carboxylic acids is 1. The van der Waals surface area contributed by atoms with E-state index in [9.17, 15) is 22.8 Å². The SMILES string of the molecule is O=C(O)CCc1cccc2[nH]c(=O)n(-c3cccc(S(=O)(=O)N4CCCc5ccccc54)c3)c(=O)c12. The number of nitrogens with one attached hydrogen (secondary N) is 1. The highest BCUT2D eigenvalue weighted by molar-refractivity contribution is 7.92. The maximum atomic E-state index is 13.6. The van der Waals surface area contributed by atoms with E-state index < -0.39 is 27.2 Å². The van der Waals surface area contributed by atoms with Gasteiger partial charge in [0.15, 0.2) is 0 Å². The number of fused-ring (bicyclic) bond motifs is 2. The maximum absolute atomic E-state index is 13.6. The lowest BCUT2D eigenvalue weighted by Gasteiger charge is -2.30. The zero-order valence-electron chi connectivity index (χ0n) is 19.2. The third-order valence-corrected chi connectivity index (χ3v) is 8.16. The van der Waals surface area contributed by atoms with Crippen LogP contribution in [-0.2, 0) is 27.7 Å². The van der Waals surface area contributed by atoms with Gasteiger partial charge in [0.25, 0.3) is 15.6 Å². The van der Waals surface area contributed by atoms with Gasteiger partial charge in [-0.2, -0.15) is 0 Å². The zero-order chi connectivity index (χ0) is 25.4. The largest absolute Gasteiger partial charge is 0.481 e. The molecular weight excluding hydrogens is 482 g/mol. The molecule has 0 radical (unpaired) electrons. The van der Waals surface area contributed by atoms with Gasteiger partial charge in [0.05, 0.1) is 27.2 Å². The normalized spacial score (nSPS) is 13.5. The Bertz CT molecular complexity index is 1720. The molecule has 184 valence electrons. The summed E-state index contributed by atoms with van der Waals surface area (Å²) >= 11 is 0. The van der Waals surface area contributed by atoms with E-state index >= 15 is 0 Å². The molecule has 0 amide bonds. The Kier molecular flexibility index (Phi) is 5.97. The quantitative estimate of drug-likeness (QED) is 0.415. The molecule has 0 spiro atoms. The summed E-state index contributed by atoms with van der Waals surface area (Å²) in [5, 5.41) is 9.26. The molecule has 1 aromatic heterocycles. The predicted octanol–water partition coefficient (Wildman–Crippen LogP) is 2.84. The summed E-state index contributed by atoms with van der Waals surface area (Å²) in [4.78, 5) is 40.1. The van der Waals surface area contributed by atoms with E-state index in [4.69, 9.17) is 5.11 Å². The monoisotopic (exact) mass is 505 g/mol. The van der Waals surface area contributed by atoms with Crippen LogP contribution >= 0.6 is 0 Å². The van der Waals surface area contributed by atoms with Gasteiger partial charge in [-0.3, -0.25) is 13.9 Å². The predicted molar refractivity (Wildman–Crippen MR) is 135 cm³/mol. The first-order valence-corrected chi connectivity index (χ1v) is 12.9. The van der Waals surface area contributed by atoms with Gasteiger partial charge in [0.2, 0.25) is 0 Å². The first-order valence-electron chi connectivity index (χ1n) is 11.5. The molecule has 4 aromatic rings. The van der Waals surface area contributed by atoms with E-state index in [0.717, 1.165) is 16.6 Å². The number of benzene rings is 3. The first-order chi connectivity index (χ1) is 17.3. The number of aromatic amines is 1. The van der Waals surface area contributed by atoms with Crippen LogP contribution in [0, 0.1) is 0 Å². The number of hydrogen-bond acceptors (Lipinski definition) is 5. The van der Waals surface area contributed by atoms with Crippen LogP contribution in [-0.4, -0.2) is 35.6 Å². The molecule has 10 heteroatoms. The average Bonchev–Trinajstić information content (AvgIpc) is 2.87. The Balaban J connectivity index is 1.63. The summed E-state index contributed by atoms with van der Waals surface area (Å²) < 4.78 is 29.5. The zero-order valence-corrected chi connectivity index (χ0v) is 20.0. The van der Waals surface area contributed by atoms with Crippen molar-refractivity contribution in [1.29, 1.82) is 0 Å². The van der Waals surface area contributed by atoms with Crippen molar-refractivity contribution in [2.75, 3.05) is 10.8 Å². The number of carbonyl (C=O) groups is 1. The van der Waals surface area contributed by atoms with Crippen LogP contribution in [0.2, 0.25) is 0 Å². The minimum absolute atomic E-state index is 0.0396. The number of anilines is 1. The van der Waals surface area contributed by atoms with Crippen molar-refractivity contribution in [3.8, 4) is 5.69 Å². The van der Waals surface area contributed by atoms with Crippen LogP contribution in [0.3, 0.4) is 0 Å². The number of para-hydroxylation sites is 1. The average molecular weight is 506 g/mol. The molecule has 3 aromatic carbocycles. The van der Waals surface area contributed by atoms with Gasteiger partial charge in [0.1, 0.15) is 0 Å². The number of rotatable bonds is 6. The smallest absolute Gasteiger partial charge is 0.333 e. The Labute approximate surface area is 206 Å². The van der Waals surface area contributed by atoms with Crippen molar-refractivity contribution in [1.82, 2.24) is 9.55 Å². The van der Waals surface area contributed by atoms with Crippen molar-refractivity contribution >= 4 is 32.6 Å². The van der Waals surface area contributed by atoms with E-state index in [1.165, 1.54) is 28.6 Å². The molecule has 0 bridgehead atoms. The van der Waals surface area contributed by atoms with Crippen molar-refractivity contribution in [3.05, 3.63) is 98.7 Å². The van der Waals surface area contributed by atoms with Crippen LogP contribution in [0.15, 0.2) is 81.2 Å². The molecule has 2 heterocycles. The van der Waals surface area contributed by atoms with Crippen LogP contribution in [0.25, 0.3) is 16.6 Å². The fourth-order valence-electron chi connectivity index (χ4n) is 4.68. The third kappa shape index (κ3) is 4.09. The highest BCUT2D eigenvalue weighted by Crippen LogP contribution is 2.32. The summed E-state index contributed by atoms with van der Waals surface area (Å²) in [5.41, 5.74) is 1.07. The number of carboxylic acid groups (broad SMARTS) is 1. The number of aryl methyl sites for hydroxylation is 2. The number of sulfonamides is 1. The van der Waals surface area contributed by atoms with Crippen molar-refractivity contribution < 1.29 is 18.3 Å². The highest BCUT2D eigenvalue weighted by atomic mass is 32.2. The number of H-pyrrole nitrogens is 1. The molecular formula is C26H23N3O6S. The first kappa shape index (κ1) is 23.6. The standard InChI is InChI=1S/C26H23N3O6S/c30-23(31)14-13-18-7-3-11-21-24(18)25(32)29(26(33)27-21)19-9-4-10-20(16-19)36(34,35)28-15-5-8-17-6-1-2-12-22(17)28/h1-4,6-7,9-12,16H,5,8,13-15H2,(H,27,33)(H,30,31). The van der Waals surface area contributed by atoms with Crippen LogP contribution in [0.1, 0.15) is 24.0 Å². The lowest BCUT2D eigenvalue weighted by molar-refractivity contribution is -0.136. The summed E-state index contributed by atoms with van der Waals surface area (Å²) in [6.45, 7) is 0.326. The van der Waals surface area contributed by atoms with Crippen LogP contribution in [0.4, 0.5) is 5.69 Å². The van der Waals surface area contributed by atoms with Gasteiger partial charge in [-0.1, -0.05) is 36.4 Å². The van der Waals surface area contributed by atoms with Crippen molar-refractivity contribution in [2.24, 2.45) is 0 Å². The molecule has 0 atom stereocenters. The number of hydrogen-bond donors (Lipinski definition) is 2. The highest BCUT2D eigenvalue weighted by Gasteiger charge is 2.29. The lowest BCUT2D eigenvalue weighted by atomic mass is 10.0. The van der Waals surface area contributed by atoms with Gasteiger partial charge < -0.3 is 10.1 Å². The lowest BCUT2D eigenvalue weighted by Crippen LogP contribution is -2.36. The molecule has 2 N–H and O–H groups in total. The van der Waals surface area contributed by atoms with Gasteiger partial charge in [-0.15, -0.1) is 0 Å². The fourth-order valence-corrected chi connectivity index (χ4v) is 6.26. The molecule has 1 aliphatic rings. The minimum Gasteiger partial charge on any atom is -0.481 e. The van der Waals surface area contributed by atoms with E-state index in [-0.39, 0.29) is 34.3 Å². The fraction of sp³-hybridized carbons (Fsp3) is 0.192. The van der Waals surface area contributed by atoms with Crippen LogP contribution < -0.4 is 15.6 Å². The van der Waals surface area contributed by atoms with E-state index in [1.54, 1.807) is 30.3 Å². The van der Waals surface area contributed by atoms with Gasteiger partial charge in [0, 0.05) is 13.0 Å². The van der Waals surface area contributed by atoms with E-state index in [2.05, 4.69) is 4.98 Å². The Hall–Kier alpha value is -4.18. The Morgan fingerprint density at radius 3 is 2.58 bits per heavy atom. The summed E-state index contributed by atoms with van der Waals surface area (Å²) in [6, 6.07) is 17.9. The Morgan fingerprint density at radius 2 is 1.78 bits per heavy atom. The van der Waals surface area contributed by atoms with Gasteiger partial charge in [-0.25, -0.2) is 17.8 Å². The molecule has 0 unspecified atom stereocenters. The molecule has 0 aliphatic carbocycles. The van der Waals surface area contributed by atoms with Crippen LogP contribution in [0.5, 0.6) is 0 Å². The molecule has 0 saturated carbocycles. The van der Waals surface area contributed by atoms with Crippen molar-refractivity contribution in [3.63, 3.8) is 0 Å². The second kappa shape index (κ2) is 9.12. The number of aromatic nitrogens is 2. The van der Waals surface area contributed by atoms with E-state index in [1.807, 2.05) is 12.1 Å². The molecule has 0 saturated heterocycles. The molecule has 5 rings (SSSR count). The molecule has 36 heavy (non-hydrogen) atoms. The summed E-state index contributed by atoms with van der Waals surface area (Å²) in [7, 11) is -3.96. The maximum Gasteiger partial charge on any atom is 0.333 e. The molecule has 1 aliphatic heterocycles. The topological polar surface area (TPSA) is 130 Å². The minimum atomic E-state index is -3.96.